The van der Waals surface area contributed by atoms with Gasteiger partial charge in [-0.15, -0.1) is 11.8 Å². The fraction of sp³-hybridized carbons (Fsp3) is 0.429. The van der Waals surface area contributed by atoms with Crippen LogP contribution in [0, 0.1) is 5.92 Å². The number of amides is 1. The Hall–Kier alpha value is -1.81. The van der Waals surface area contributed by atoms with Gasteiger partial charge in [0.15, 0.2) is 0 Å². The molecule has 1 amide bonds. The first kappa shape index (κ1) is 18.0. The maximum atomic E-state index is 12.5. The monoisotopic (exact) mass is 354 g/mol. The van der Waals surface area contributed by atoms with Crippen LogP contribution in [0.15, 0.2) is 54.9 Å². The molecule has 0 saturated heterocycles. The van der Waals surface area contributed by atoms with Crippen molar-refractivity contribution in [2.24, 2.45) is 5.92 Å². The van der Waals surface area contributed by atoms with Crippen LogP contribution in [0.5, 0.6) is 0 Å². The predicted octanol–water partition coefficient (Wildman–Crippen LogP) is 4.75. The van der Waals surface area contributed by atoms with Crippen molar-refractivity contribution in [3.63, 3.8) is 0 Å². The summed E-state index contributed by atoms with van der Waals surface area (Å²) in [6.07, 6.45) is 9.94. The highest BCUT2D eigenvalue weighted by Gasteiger charge is 2.26. The highest BCUT2D eigenvalue weighted by atomic mass is 32.2. The van der Waals surface area contributed by atoms with E-state index in [1.54, 1.807) is 18.0 Å². The molecule has 1 atom stereocenters. The van der Waals surface area contributed by atoms with Crippen LogP contribution in [0.1, 0.15) is 49.3 Å². The van der Waals surface area contributed by atoms with Gasteiger partial charge in [-0.25, -0.2) is 0 Å². The van der Waals surface area contributed by atoms with Gasteiger partial charge >= 0.3 is 0 Å². The molecule has 25 heavy (non-hydrogen) atoms. The van der Waals surface area contributed by atoms with Crippen molar-refractivity contribution in [2.45, 2.75) is 43.9 Å². The van der Waals surface area contributed by atoms with Crippen LogP contribution in [-0.2, 0) is 10.5 Å². The molecule has 0 bridgehead atoms. The van der Waals surface area contributed by atoms with E-state index in [2.05, 4.69) is 34.6 Å². The standard InChI is InChI=1S/C21H26N2OS/c24-20(16-25-15-17-8-7-13-22-14-17)23-21(18-9-3-1-4-10-18)19-11-5-2-6-12-19/h1,3-4,7-10,13-14,19,21H,2,5-6,11-12,15-16H2,(H,23,24). The molecule has 1 aliphatic carbocycles. The van der Waals surface area contributed by atoms with E-state index in [-0.39, 0.29) is 11.9 Å². The first-order chi connectivity index (χ1) is 12.3. The lowest BCUT2D eigenvalue weighted by molar-refractivity contribution is -0.119. The van der Waals surface area contributed by atoms with Gasteiger partial charge in [0, 0.05) is 18.1 Å². The zero-order valence-corrected chi connectivity index (χ0v) is 15.4. The SMILES string of the molecule is O=C(CSCc1cccnc1)NC(c1ccccc1)C1CCCCC1. The van der Waals surface area contributed by atoms with E-state index in [4.69, 9.17) is 0 Å². The maximum Gasteiger partial charge on any atom is 0.230 e. The lowest BCUT2D eigenvalue weighted by Gasteiger charge is -2.31. The van der Waals surface area contributed by atoms with Gasteiger partial charge in [-0.1, -0.05) is 55.7 Å². The van der Waals surface area contributed by atoms with E-state index in [0.717, 1.165) is 11.3 Å². The van der Waals surface area contributed by atoms with E-state index in [9.17, 15) is 4.79 Å². The zero-order valence-electron chi connectivity index (χ0n) is 14.6. The molecule has 1 unspecified atom stereocenters. The van der Waals surface area contributed by atoms with Crippen LogP contribution in [0.2, 0.25) is 0 Å². The summed E-state index contributed by atoms with van der Waals surface area (Å²) in [4.78, 5) is 16.6. The molecule has 1 aromatic carbocycles. The number of nitrogens with one attached hydrogen (secondary N) is 1. The van der Waals surface area contributed by atoms with Crippen molar-refractivity contribution < 1.29 is 4.79 Å². The van der Waals surface area contributed by atoms with Crippen LogP contribution in [0.25, 0.3) is 0 Å². The van der Waals surface area contributed by atoms with E-state index in [1.165, 1.54) is 37.7 Å². The summed E-state index contributed by atoms with van der Waals surface area (Å²) in [5.74, 6) is 2.00. The number of pyridine rings is 1. The summed E-state index contributed by atoms with van der Waals surface area (Å²) >= 11 is 1.65. The number of hydrogen-bond donors (Lipinski definition) is 1. The summed E-state index contributed by atoms with van der Waals surface area (Å²) in [6.45, 7) is 0. The highest BCUT2D eigenvalue weighted by molar-refractivity contribution is 7.99. The predicted molar refractivity (Wildman–Crippen MR) is 104 cm³/mol. The number of hydrogen-bond acceptors (Lipinski definition) is 3. The number of thioether (sulfide) groups is 1. The Morgan fingerprint density at radius 1 is 1.12 bits per heavy atom. The summed E-state index contributed by atoms with van der Waals surface area (Å²) in [5, 5.41) is 3.31. The number of benzene rings is 1. The average Bonchev–Trinajstić information content (AvgIpc) is 2.68. The summed E-state index contributed by atoms with van der Waals surface area (Å²) in [6, 6.07) is 14.6. The molecular weight excluding hydrogens is 328 g/mol. The van der Waals surface area contributed by atoms with E-state index < -0.39 is 0 Å². The van der Waals surface area contributed by atoms with Crippen molar-refractivity contribution in [3.05, 3.63) is 66.0 Å². The molecule has 132 valence electrons. The van der Waals surface area contributed by atoms with Crippen LogP contribution >= 0.6 is 11.8 Å². The quantitative estimate of drug-likeness (QED) is 0.780. The molecule has 0 spiro atoms. The van der Waals surface area contributed by atoms with Gasteiger partial charge in [-0.05, 0) is 36.0 Å². The zero-order chi connectivity index (χ0) is 17.3. The Bertz CT molecular complexity index is 641. The van der Waals surface area contributed by atoms with Crippen molar-refractivity contribution in [2.75, 3.05) is 5.75 Å². The van der Waals surface area contributed by atoms with Crippen molar-refractivity contribution in [1.29, 1.82) is 0 Å². The second kappa shape index (κ2) is 9.62. The van der Waals surface area contributed by atoms with Gasteiger partial charge in [-0.2, -0.15) is 0 Å². The Morgan fingerprint density at radius 2 is 1.92 bits per heavy atom. The van der Waals surface area contributed by atoms with Crippen LogP contribution in [0.3, 0.4) is 0 Å². The third-order valence-electron chi connectivity index (χ3n) is 4.82. The Balaban J connectivity index is 1.56. The molecule has 0 aliphatic heterocycles. The molecule has 0 radical (unpaired) electrons. The smallest absolute Gasteiger partial charge is 0.230 e. The molecule has 1 aromatic heterocycles. The molecule has 1 heterocycles. The van der Waals surface area contributed by atoms with Gasteiger partial charge in [0.25, 0.3) is 0 Å². The maximum absolute atomic E-state index is 12.5. The molecule has 4 heteroatoms. The first-order valence-corrected chi connectivity index (χ1v) is 10.3. The van der Waals surface area contributed by atoms with Crippen molar-refractivity contribution >= 4 is 17.7 Å². The number of aromatic nitrogens is 1. The van der Waals surface area contributed by atoms with Gasteiger partial charge in [0.2, 0.25) is 5.91 Å². The van der Waals surface area contributed by atoms with Crippen LogP contribution in [0.4, 0.5) is 0 Å². The van der Waals surface area contributed by atoms with E-state index in [0.29, 0.717) is 11.7 Å². The summed E-state index contributed by atoms with van der Waals surface area (Å²) in [5.41, 5.74) is 2.40. The normalized spacial score (nSPS) is 16.3. The van der Waals surface area contributed by atoms with Gasteiger partial charge in [0.05, 0.1) is 11.8 Å². The molecule has 1 fully saturated rings. The molecule has 1 saturated carbocycles. The van der Waals surface area contributed by atoms with Crippen LogP contribution < -0.4 is 5.32 Å². The molecular formula is C21H26N2OS. The van der Waals surface area contributed by atoms with E-state index >= 15 is 0 Å². The highest BCUT2D eigenvalue weighted by Crippen LogP contribution is 2.34. The Morgan fingerprint density at radius 3 is 2.64 bits per heavy atom. The number of nitrogens with zero attached hydrogens (tertiary/aromatic N) is 1. The first-order valence-electron chi connectivity index (χ1n) is 9.14. The Labute approximate surface area is 154 Å². The Kier molecular flexibility index (Phi) is 6.92. The minimum atomic E-state index is 0.133. The number of carbonyl (C=O) groups is 1. The fourth-order valence-corrected chi connectivity index (χ4v) is 4.34. The largest absolute Gasteiger partial charge is 0.348 e. The number of rotatable bonds is 7. The second-order valence-electron chi connectivity index (χ2n) is 6.71. The lowest BCUT2D eigenvalue weighted by Crippen LogP contribution is -2.35. The van der Waals surface area contributed by atoms with Gasteiger partial charge in [0.1, 0.15) is 0 Å². The number of carbonyl (C=O) groups excluding carboxylic acids is 1. The van der Waals surface area contributed by atoms with E-state index in [1.807, 2.05) is 24.4 Å². The van der Waals surface area contributed by atoms with Crippen molar-refractivity contribution in [3.8, 4) is 0 Å². The molecule has 1 N–H and O–H groups in total. The van der Waals surface area contributed by atoms with Crippen molar-refractivity contribution in [1.82, 2.24) is 10.3 Å². The topological polar surface area (TPSA) is 42.0 Å². The van der Waals surface area contributed by atoms with Gasteiger partial charge in [-0.3, -0.25) is 9.78 Å². The molecule has 3 rings (SSSR count). The van der Waals surface area contributed by atoms with Crippen LogP contribution in [-0.4, -0.2) is 16.6 Å². The minimum absolute atomic E-state index is 0.133. The summed E-state index contributed by atoms with van der Waals surface area (Å²) in [7, 11) is 0. The third kappa shape index (κ3) is 5.60. The molecule has 3 nitrogen and oxygen atoms in total. The molecule has 2 aromatic rings. The molecule has 1 aliphatic rings. The van der Waals surface area contributed by atoms with Gasteiger partial charge < -0.3 is 5.32 Å². The second-order valence-corrected chi connectivity index (χ2v) is 7.69. The summed E-state index contributed by atoms with van der Waals surface area (Å²) < 4.78 is 0. The third-order valence-corrected chi connectivity index (χ3v) is 5.82. The lowest BCUT2D eigenvalue weighted by atomic mass is 9.81. The minimum Gasteiger partial charge on any atom is -0.348 e. The average molecular weight is 355 g/mol. The fourth-order valence-electron chi connectivity index (χ4n) is 3.56.